The van der Waals surface area contributed by atoms with E-state index in [1.807, 2.05) is 13.8 Å². The van der Waals surface area contributed by atoms with Crippen LogP contribution in [0.4, 0.5) is 0 Å². The van der Waals surface area contributed by atoms with Gasteiger partial charge in [0.1, 0.15) is 5.78 Å². The highest BCUT2D eigenvalue weighted by molar-refractivity contribution is 5.86. The fraction of sp³-hybridized carbons (Fsp3) is 0.926. The predicted octanol–water partition coefficient (Wildman–Crippen LogP) is 7.13. The molecule has 30 heavy (non-hydrogen) atoms. The molecule has 4 saturated carbocycles. The molecule has 0 amide bonds. The van der Waals surface area contributed by atoms with Gasteiger partial charge < -0.3 is 5.11 Å². The number of carbonyl (C=O) groups excluding carboxylic acids is 1. The zero-order chi connectivity index (χ0) is 22.1. The third kappa shape index (κ3) is 3.77. The molecule has 0 heterocycles. The maximum absolute atomic E-state index is 13.8. The summed E-state index contributed by atoms with van der Waals surface area (Å²) in [7, 11) is 0. The second kappa shape index (κ2) is 9.33. The third-order valence-corrected chi connectivity index (χ3v) is 10.2. The Hall–Kier alpha value is -0.860. The molecule has 6 unspecified atom stereocenters. The minimum absolute atomic E-state index is 0.255. The summed E-state index contributed by atoms with van der Waals surface area (Å²) in [6.45, 7) is 11.2. The van der Waals surface area contributed by atoms with Crippen LogP contribution in [0.15, 0.2) is 0 Å². The van der Waals surface area contributed by atoms with Gasteiger partial charge in [-0.3, -0.25) is 9.59 Å². The van der Waals surface area contributed by atoms with Gasteiger partial charge in [-0.25, -0.2) is 0 Å². The van der Waals surface area contributed by atoms with Gasteiger partial charge in [0, 0.05) is 18.3 Å². The van der Waals surface area contributed by atoms with Gasteiger partial charge in [-0.05, 0) is 92.3 Å². The fourth-order valence-corrected chi connectivity index (χ4v) is 8.80. The number of ketones is 1. The molecule has 3 nitrogen and oxygen atoms in total. The molecule has 0 bridgehead atoms. The molecule has 4 aliphatic carbocycles. The Morgan fingerprint density at radius 1 is 0.967 bits per heavy atom. The monoisotopic (exact) mass is 418 g/mol. The number of aliphatic carboxylic acids is 1. The van der Waals surface area contributed by atoms with Gasteiger partial charge in [-0.1, -0.05) is 47.5 Å². The summed E-state index contributed by atoms with van der Waals surface area (Å²) in [5.74, 6) is 2.91. The molecule has 0 aromatic heterocycles. The average Bonchev–Trinajstić information content (AvgIpc) is 3.06. The highest BCUT2D eigenvalue weighted by Crippen LogP contribution is 2.68. The summed E-state index contributed by atoms with van der Waals surface area (Å²) in [6, 6.07) is 0. The zero-order valence-electron chi connectivity index (χ0n) is 20.2. The van der Waals surface area contributed by atoms with Crippen LogP contribution >= 0.6 is 0 Å². The van der Waals surface area contributed by atoms with E-state index in [1.165, 1.54) is 51.4 Å². The fourth-order valence-electron chi connectivity index (χ4n) is 8.80. The van der Waals surface area contributed by atoms with Crippen LogP contribution in [0, 0.1) is 46.3 Å². The van der Waals surface area contributed by atoms with Crippen molar-refractivity contribution in [3.63, 3.8) is 0 Å². The summed E-state index contributed by atoms with van der Waals surface area (Å²) in [5, 5.41) is 9.02. The molecule has 4 fully saturated rings. The second-order valence-corrected chi connectivity index (χ2v) is 11.1. The van der Waals surface area contributed by atoms with Crippen LogP contribution in [0.5, 0.6) is 0 Å². The zero-order valence-corrected chi connectivity index (χ0v) is 20.2. The van der Waals surface area contributed by atoms with Crippen LogP contribution in [0.25, 0.3) is 0 Å². The van der Waals surface area contributed by atoms with Crippen molar-refractivity contribution in [1.29, 1.82) is 0 Å². The molecule has 0 spiro atoms. The van der Waals surface area contributed by atoms with Crippen molar-refractivity contribution < 1.29 is 14.7 Å². The number of hydrogen-bond donors (Lipinski definition) is 1. The maximum Gasteiger partial charge on any atom is 0.303 e. The van der Waals surface area contributed by atoms with E-state index in [0.717, 1.165) is 19.3 Å². The smallest absolute Gasteiger partial charge is 0.303 e. The van der Waals surface area contributed by atoms with Crippen LogP contribution < -0.4 is 0 Å². The Morgan fingerprint density at radius 3 is 2.33 bits per heavy atom. The van der Waals surface area contributed by atoms with Crippen molar-refractivity contribution in [2.24, 2.45) is 46.3 Å². The second-order valence-electron chi connectivity index (χ2n) is 11.1. The number of carbonyl (C=O) groups is 2. The standard InChI is InChI=1S/C25H40O3.C2H6/c1-4-17-18-9-5-6-14-25(18,3)20-13-15-24(2)16(8-7-10-21(26)27)11-12-19(24)22(20)23(17)28;1-2/h16-20,22H,4-15H2,1-3H3,(H,26,27);1-2H3/t16?,17-,18?,19?,20+,22?,24?,25?;/m1./s1. The minimum atomic E-state index is -0.673. The Morgan fingerprint density at radius 2 is 1.67 bits per heavy atom. The van der Waals surface area contributed by atoms with Gasteiger partial charge in [0.2, 0.25) is 0 Å². The molecule has 0 saturated heterocycles. The van der Waals surface area contributed by atoms with Crippen LogP contribution in [0.1, 0.15) is 112 Å². The first-order valence-corrected chi connectivity index (χ1v) is 13.1. The Labute approximate surface area is 184 Å². The number of hydrogen-bond acceptors (Lipinski definition) is 2. The molecule has 0 aromatic carbocycles. The minimum Gasteiger partial charge on any atom is -0.481 e. The average molecular weight is 419 g/mol. The highest BCUT2D eigenvalue weighted by atomic mass is 16.4. The molecule has 172 valence electrons. The van der Waals surface area contributed by atoms with Crippen molar-refractivity contribution in [1.82, 2.24) is 0 Å². The molecule has 0 aliphatic heterocycles. The number of carboxylic acid groups (broad SMARTS) is 1. The summed E-state index contributed by atoms with van der Waals surface area (Å²) in [4.78, 5) is 24.8. The lowest BCUT2D eigenvalue weighted by Gasteiger charge is -2.61. The quantitative estimate of drug-likeness (QED) is 0.516. The van der Waals surface area contributed by atoms with Crippen molar-refractivity contribution in [3.05, 3.63) is 0 Å². The Balaban J connectivity index is 0.00000124. The molecule has 8 atom stereocenters. The van der Waals surface area contributed by atoms with E-state index < -0.39 is 5.97 Å². The summed E-state index contributed by atoms with van der Waals surface area (Å²) >= 11 is 0. The van der Waals surface area contributed by atoms with E-state index in [-0.39, 0.29) is 11.3 Å². The first kappa shape index (κ1) is 23.8. The van der Waals surface area contributed by atoms with E-state index in [0.29, 0.717) is 47.2 Å². The van der Waals surface area contributed by atoms with E-state index >= 15 is 0 Å². The Bertz CT molecular complexity index is 628. The van der Waals surface area contributed by atoms with Crippen molar-refractivity contribution in [3.8, 4) is 0 Å². The Kier molecular flexibility index (Phi) is 7.40. The van der Waals surface area contributed by atoms with Gasteiger partial charge in [0.05, 0.1) is 0 Å². The van der Waals surface area contributed by atoms with Gasteiger partial charge in [0.15, 0.2) is 0 Å². The largest absolute Gasteiger partial charge is 0.481 e. The predicted molar refractivity (Wildman–Crippen MR) is 122 cm³/mol. The maximum atomic E-state index is 13.8. The van der Waals surface area contributed by atoms with Crippen LogP contribution in [0.3, 0.4) is 0 Å². The molecule has 0 aromatic rings. The molecule has 4 aliphatic rings. The number of carboxylic acids is 1. The number of rotatable bonds is 5. The molecule has 0 radical (unpaired) electrons. The molecule has 1 N–H and O–H groups in total. The first-order valence-electron chi connectivity index (χ1n) is 13.1. The molecular formula is C27H46O3. The van der Waals surface area contributed by atoms with E-state index in [4.69, 9.17) is 5.11 Å². The topological polar surface area (TPSA) is 54.4 Å². The van der Waals surface area contributed by atoms with Crippen molar-refractivity contribution >= 4 is 11.8 Å². The van der Waals surface area contributed by atoms with Gasteiger partial charge >= 0.3 is 5.97 Å². The van der Waals surface area contributed by atoms with Crippen LogP contribution in [-0.2, 0) is 9.59 Å². The number of Topliss-reactive ketones (excluding diaryl/α,β-unsaturated/α-hetero) is 1. The summed E-state index contributed by atoms with van der Waals surface area (Å²) in [6.07, 6.45) is 13.3. The lowest BCUT2D eigenvalue weighted by atomic mass is 9.42. The molecule has 3 heteroatoms. The normalized spacial score (nSPS) is 44.9. The lowest BCUT2D eigenvalue weighted by Crippen LogP contribution is -2.59. The van der Waals surface area contributed by atoms with Crippen LogP contribution in [0.2, 0.25) is 0 Å². The molecule has 4 rings (SSSR count). The summed E-state index contributed by atoms with van der Waals surface area (Å²) < 4.78 is 0. The van der Waals surface area contributed by atoms with Gasteiger partial charge in [-0.2, -0.15) is 0 Å². The SMILES string of the molecule is CC.CC[C@H]1C(=O)C2C3CCC(CCCC(=O)O)C3(C)CC[C@@H]2C2(C)CCCCC12. The third-order valence-electron chi connectivity index (χ3n) is 10.2. The summed E-state index contributed by atoms with van der Waals surface area (Å²) in [5.41, 5.74) is 0.631. The van der Waals surface area contributed by atoms with Crippen molar-refractivity contribution in [2.45, 2.75) is 112 Å². The lowest BCUT2D eigenvalue weighted by molar-refractivity contribution is -0.167. The highest BCUT2D eigenvalue weighted by Gasteiger charge is 2.63. The van der Waals surface area contributed by atoms with Crippen molar-refractivity contribution in [2.75, 3.05) is 0 Å². The van der Waals surface area contributed by atoms with E-state index in [2.05, 4.69) is 20.8 Å². The van der Waals surface area contributed by atoms with Gasteiger partial charge in [0.25, 0.3) is 0 Å². The number of fused-ring (bicyclic) bond motifs is 5. The van der Waals surface area contributed by atoms with E-state index in [1.54, 1.807) is 0 Å². The first-order chi connectivity index (χ1) is 14.3. The van der Waals surface area contributed by atoms with E-state index in [9.17, 15) is 9.59 Å². The molecular weight excluding hydrogens is 372 g/mol. The van der Waals surface area contributed by atoms with Gasteiger partial charge in [-0.15, -0.1) is 0 Å². The van der Waals surface area contributed by atoms with Crippen LogP contribution in [-0.4, -0.2) is 16.9 Å².